The number of benzene rings is 2. The van der Waals surface area contributed by atoms with E-state index in [9.17, 15) is 23.6 Å². The van der Waals surface area contributed by atoms with Crippen LogP contribution >= 0.6 is 0 Å². The molecule has 0 aliphatic rings. The molecule has 11 heteroatoms. The Balaban J connectivity index is 1.87. The quantitative estimate of drug-likeness (QED) is 0.397. The van der Waals surface area contributed by atoms with E-state index in [0.717, 1.165) is 11.6 Å². The number of rotatable bonds is 7. The standard InChI is InChI=1S/C27H24F2N6O3/c1-15(21(17-13-31-34(2)14-17)18-9-6-5-8-16(18)12-30)25-33-23(24(38-4)27(37)35(25)3)26(36)32-20-11-7-10-19(28)22(20)29/h5-11,13-15,21H,1-4H3,(H,32,36). The predicted octanol–water partition coefficient (Wildman–Crippen LogP) is 3.86. The fraction of sp³-hybridized carbons (Fsp3) is 0.222. The van der Waals surface area contributed by atoms with Crippen LogP contribution in [0.1, 0.15) is 51.8 Å². The Kier molecular flexibility index (Phi) is 7.34. The lowest BCUT2D eigenvalue weighted by Crippen LogP contribution is -2.31. The van der Waals surface area contributed by atoms with Crippen LogP contribution in [0.15, 0.2) is 59.7 Å². The minimum Gasteiger partial charge on any atom is -0.489 e. The van der Waals surface area contributed by atoms with Crippen molar-refractivity contribution in [2.45, 2.75) is 18.8 Å². The van der Waals surface area contributed by atoms with E-state index in [1.165, 1.54) is 30.9 Å². The summed E-state index contributed by atoms with van der Waals surface area (Å²) in [6.07, 6.45) is 3.47. The van der Waals surface area contributed by atoms with Crippen molar-refractivity contribution in [3.63, 3.8) is 0 Å². The Hall–Kier alpha value is -4.85. The van der Waals surface area contributed by atoms with Crippen LogP contribution in [-0.2, 0) is 14.1 Å². The zero-order valence-corrected chi connectivity index (χ0v) is 21.1. The third-order valence-corrected chi connectivity index (χ3v) is 6.31. The van der Waals surface area contributed by atoms with Crippen LogP contribution in [0.5, 0.6) is 5.75 Å². The molecule has 2 heterocycles. The summed E-state index contributed by atoms with van der Waals surface area (Å²) in [5, 5.41) is 16.3. The molecular formula is C27H24F2N6O3. The van der Waals surface area contributed by atoms with E-state index in [4.69, 9.17) is 4.74 Å². The molecule has 0 bridgehead atoms. The first kappa shape index (κ1) is 26.2. The SMILES string of the molecule is COc1c(C(=O)Nc2cccc(F)c2F)nc(C(C)C(c2cnn(C)c2)c2ccccc2C#N)n(C)c1=O. The van der Waals surface area contributed by atoms with Gasteiger partial charge in [0.1, 0.15) is 5.82 Å². The lowest BCUT2D eigenvalue weighted by atomic mass is 9.80. The summed E-state index contributed by atoms with van der Waals surface area (Å²) in [5.74, 6) is -4.50. The molecule has 38 heavy (non-hydrogen) atoms. The lowest BCUT2D eigenvalue weighted by Gasteiger charge is -2.26. The molecule has 2 unspecified atom stereocenters. The summed E-state index contributed by atoms with van der Waals surface area (Å²) in [5.41, 5.74) is 0.443. The Morgan fingerprint density at radius 2 is 1.89 bits per heavy atom. The number of ether oxygens (including phenoxy) is 1. The van der Waals surface area contributed by atoms with E-state index < -0.39 is 40.6 Å². The summed E-state index contributed by atoms with van der Waals surface area (Å²) in [7, 11) is 4.47. The Morgan fingerprint density at radius 1 is 1.16 bits per heavy atom. The number of halogens is 2. The average Bonchev–Trinajstić information content (AvgIpc) is 3.33. The van der Waals surface area contributed by atoms with Crippen LogP contribution in [0.4, 0.5) is 14.5 Å². The molecule has 2 aromatic carbocycles. The van der Waals surface area contributed by atoms with Gasteiger partial charge in [0.05, 0.1) is 30.6 Å². The molecular weight excluding hydrogens is 494 g/mol. The second kappa shape index (κ2) is 10.6. The Bertz CT molecular complexity index is 1620. The summed E-state index contributed by atoms with van der Waals surface area (Å²) in [6, 6.07) is 12.6. The largest absolute Gasteiger partial charge is 0.489 e. The van der Waals surface area contributed by atoms with Crippen LogP contribution in [0.2, 0.25) is 0 Å². The Morgan fingerprint density at radius 3 is 2.55 bits per heavy atom. The molecule has 0 fully saturated rings. The van der Waals surface area contributed by atoms with Crippen LogP contribution in [-0.4, -0.2) is 32.3 Å². The van der Waals surface area contributed by atoms with Gasteiger partial charge < -0.3 is 10.1 Å². The number of hydrogen-bond acceptors (Lipinski definition) is 6. The average molecular weight is 519 g/mol. The van der Waals surface area contributed by atoms with Crippen molar-refractivity contribution >= 4 is 11.6 Å². The topological polar surface area (TPSA) is 115 Å². The van der Waals surface area contributed by atoms with Gasteiger partial charge in [-0.3, -0.25) is 18.8 Å². The maximum absolute atomic E-state index is 14.2. The molecule has 0 aliphatic heterocycles. The molecule has 1 N–H and O–H groups in total. The number of aryl methyl sites for hydroxylation is 1. The van der Waals surface area contributed by atoms with E-state index in [2.05, 4.69) is 21.5 Å². The van der Waals surface area contributed by atoms with Gasteiger partial charge in [-0.15, -0.1) is 0 Å². The number of carbonyl (C=O) groups excluding carboxylic acids is 1. The smallest absolute Gasteiger partial charge is 0.296 e. The molecule has 0 saturated heterocycles. The molecule has 0 radical (unpaired) electrons. The number of nitrogens with one attached hydrogen (secondary N) is 1. The van der Waals surface area contributed by atoms with E-state index in [-0.39, 0.29) is 17.3 Å². The summed E-state index contributed by atoms with van der Waals surface area (Å²) >= 11 is 0. The molecule has 194 valence electrons. The number of hydrogen-bond donors (Lipinski definition) is 1. The minimum absolute atomic E-state index is 0.210. The van der Waals surface area contributed by atoms with Gasteiger partial charge >= 0.3 is 0 Å². The van der Waals surface area contributed by atoms with Gasteiger partial charge in [0, 0.05) is 32.1 Å². The molecule has 2 atom stereocenters. The Labute approximate surface area is 216 Å². The van der Waals surface area contributed by atoms with Gasteiger partial charge in [0.25, 0.3) is 11.5 Å². The zero-order chi connectivity index (χ0) is 27.6. The molecule has 0 saturated carbocycles. The van der Waals surface area contributed by atoms with Crippen LogP contribution < -0.4 is 15.6 Å². The first-order chi connectivity index (χ1) is 18.2. The molecule has 0 spiro atoms. The van der Waals surface area contributed by atoms with Crippen molar-refractivity contribution in [2.75, 3.05) is 12.4 Å². The van der Waals surface area contributed by atoms with Gasteiger partial charge in [0.15, 0.2) is 17.3 Å². The van der Waals surface area contributed by atoms with Crippen molar-refractivity contribution in [3.8, 4) is 11.8 Å². The molecule has 1 amide bonds. The van der Waals surface area contributed by atoms with Crippen LogP contribution in [0, 0.1) is 23.0 Å². The summed E-state index contributed by atoms with van der Waals surface area (Å²) in [6.45, 7) is 1.81. The van der Waals surface area contributed by atoms with E-state index in [0.29, 0.717) is 11.1 Å². The third-order valence-electron chi connectivity index (χ3n) is 6.31. The van der Waals surface area contributed by atoms with Gasteiger partial charge in [0.2, 0.25) is 5.75 Å². The van der Waals surface area contributed by atoms with Crippen LogP contribution in [0.3, 0.4) is 0 Å². The number of anilines is 1. The number of nitriles is 1. The van der Waals surface area contributed by atoms with Crippen LogP contribution in [0.25, 0.3) is 0 Å². The highest BCUT2D eigenvalue weighted by atomic mass is 19.2. The number of methoxy groups -OCH3 is 1. The van der Waals surface area contributed by atoms with Gasteiger partial charge in [-0.1, -0.05) is 31.2 Å². The number of amides is 1. The first-order valence-corrected chi connectivity index (χ1v) is 11.6. The van der Waals surface area contributed by atoms with E-state index >= 15 is 0 Å². The van der Waals surface area contributed by atoms with E-state index in [1.54, 1.807) is 42.3 Å². The highest BCUT2D eigenvalue weighted by Crippen LogP contribution is 2.39. The lowest BCUT2D eigenvalue weighted by molar-refractivity contribution is 0.101. The number of carbonyl (C=O) groups is 1. The van der Waals surface area contributed by atoms with Gasteiger partial charge in [-0.05, 0) is 29.3 Å². The van der Waals surface area contributed by atoms with Gasteiger partial charge in [-0.2, -0.15) is 10.4 Å². The highest BCUT2D eigenvalue weighted by Gasteiger charge is 2.31. The number of aromatic nitrogens is 4. The van der Waals surface area contributed by atoms with Gasteiger partial charge in [-0.25, -0.2) is 13.8 Å². The first-order valence-electron chi connectivity index (χ1n) is 11.6. The molecule has 0 aliphatic carbocycles. The van der Waals surface area contributed by atoms with Crippen molar-refractivity contribution in [3.05, 3.63) is 105 Å². The van der Waals surface area contributed by atoms with Crippen molar-refractivity contribution in [1.29, 1.82) is 5.26 Å². The monoisotopic (exact) mass is 518 g/mol. The second-order valence-corrected chi connectivity index (χ2v) is 8.68. The molecule has 4 rings (SSSR count). The predicted molar refractivity (Wildman–Crippen MR) is 135 cm³/mol. The molecule has 4 aromatic rings. The summed E-state index contributed by atoms with van der Waals surface area (Å²) in [4.78, 5) is 30.9. The minimum atomic E-state index is -1.25. The maximum atomic E-state index is 14.2. The fourth-order valence-electron chi connectivity index (χ4n) is 4.48. The third kappa shape index (κ3) is 4.76. The molecule has 9 nitrogen and oxygen atoms in total. The normalized spacial score (nSPS) is 12.4. The zero-order valence-electron chi connectivity index (χ0n) is 21.1. The second-order valence-electron chi connectivity index (χ2n) is 8.68. The van der Waals surface area contributed by atoms with Crippen molar-refractivity contribution < 1.29 is 18.3 Å². The highest BCUT2D eigenvalue weighted by molar-refractivity contribution is 6.04. The number of nitrogens with zero attached hydrogens (tertiary/aromatic N) is 5. The maximum Gasteiger partial charge on any atom is 0.296 e. The fourth-order valence-corrected chi connectivity index (χ4v) is 4.48. The molecule has 2 aromatic heterocycles. The van der Waals surface area contributed by atoms with Crippen molar-refractivity contribution in [2.24, 2.45) is 14.1 Å². The van der Waals surface area contributed by atoms with Crippen molar-refractivity contribution in [1.82, 2.24) is 19.3 Å². The summed E-state index contributed by atoms with van der Waals surface area (Å²) < 4.78 is 36.0. The van der Waals surface area contributed by atoms with E-state index in [1.807, 2.05) is 13.0 Å².